The van der Waals surface area contributed by atoms with Gasteiger partial charge in [-0.1, -0.05) is 0 Å². The SMILES string of the molecule is Br.Fc1[c-]ccc(F)c1F.[Zn]. The van der Waals surface area contributed by atoms with Crippen LogP contribution in [-0.4, -0.2) is 0 Å². The maximum atomic E-state index is 11.9. The molecule has 0 N–H and O–H groups in total. The quantitative estimate of drug-likeness (QED) is 0.388. The van der Waals surface area contributed by atoms with Crippen LogP contribution in [0.3, 0.4) is 0 Å². The molecular formula is C6H3BrF3Zn-. The van der Waals surface area contributed by atoms with E-state index >= 15 is 0 Å². The monoisotopic (exact) mass is 275 g/mol. The Bertz CT molecular complexity index is 209. The molecule has 5 heteroatoms. The molecule has 0 heterocycles. The van der Waals surface area contributed by atoms with Crippen molar-refractivity contribution < 1.29 is 32.6 Å². The van der Waals surface area contributed by atoms with E-state index in [1.54, 1.807) is 0 Å². The predicted octanol–water partition coefficient (Wildman–Crippen LogP) is 2.48. The maximum Gasteiger partial charge on any atom is 0.0781 e. The van der Waals surface area contributed by atoms with Crippen LogP contribution < -0.4 is 0 Å². The molecule has 0 nitrogen and oxygen atoms in total. The van der Waals surface area contributed by atoms with Crippen molar-refractivity contribution in [3.8, 4) is 0 Å². The van der Waals surface area contributed by atoms with E-state index in [1.807, 2.05) is 6.07 Å². The van der Waals surface area contributed by atoms with Gasteiger partial charge < -0.3 is 0 Å². The van der Waals surface area contributed by atoms with Gasteiger partial charge in [0.05, 0.1) is 11.6 Å². The zero-order valence-corrected chi connectivity index (χ0v) is 10.1. The Morgan fingerprint density at radius 3 is 2.09 bits per heavy atom. The van der Waals surface area contributed by atoms with E-state index in [9.17, 15) is 13.2 Å². The van der Waals surface area contributed by atoms with E-state index in [4.69, 9.17) is 0 Å². The third-order valence-electron chi connectivity index (χ3n) is 0.842. The first-order valence-electron chi connectivity index (χ1n) is 2.23. The summed E-state index contributed by atoms with van der Waals surface area (Å²) in [7, 11) is 0. The Morgan fingerprint density at radius 1 is 1.18 bits per heavy atom. The summed E-state index contributed by atoms with van der Waals surface area (Å²) in [5.74, 6) is -3.95. The van der Waals surface area contributed by atoms with Crippen molar-refractivity contribution in [2.45, 2.75) is 0 Å². The zero-order valence-electron chi connectivity index (χ0n) is 5.40. The van der Waals surface area contributed by atoms with Crippen LogP contribution in [0.25, 0.3) is 0 Å². The Balaban J connectivity index is 0. The van der Waals surface area contributed by atoms with E-state index in [1.165, 1.54) is 0 Å². The first kappa shape index (κ1) is 13.7. The Morgan fingerprint density at radius 2 is 1.73 bits per heavy atom. The standard InChI is InChI=1S/C6H2F3.BrH.Zn/c7-4-2-1-3-5(8)6(4)9;;/h1-2H;1H;/q-1;;. The number of rotatable bonds is 0. The van der Waals surface area contributed by atoms with Crippen molar-refractivity contribution >= 4 is 17.0 Å². The van der Waals surface area contributed by atoms with Crippen LogP contribution in [0.2, 0.25) is 0 Å². The number of benzene rings is 1. The minimum Gasteiger partial charge on any atom is -0.278 e. The van der Waals surface area contributed by atoms with Crippen LogP contribution in [0.5, 0.6) is 0 Å². The predicted molar refractivity (Wildman–Crippen MR) is 35.5 cm³/mol. The third-order valence-corrected chi connectivity index (χ3v) is 0.842. The average molecular weight is 277 g/mol. The summed E-state index contributed by atoms with van der Waals surface area (Å²) in [6.07, 6.45) is 0. The average Bonchev–Trinajstić information content (AvgIpc) is 1.83. The molecule has 1 rings (SSSR count). The second-order valence-electron chi connectivity index (χ2n) is 1.45. The van der Waals surface area contributed by atoms with Gasteiger partial charge in [-0.05, 0) is 0 Å². The molecule has 1 aromatic rings. The molecule has 0 radical (unpaired) electrons. The number of hydrogen-bond acceptors (Lipinski definition) is 0. The van der Waals surface area contributed by atoms with Crippen molar-refractivity contribution in [2.24, 2.45) is 0 Å². The summed E-state index contributed by atoms with van der Waals surface area (Å²) in [4.78, 5) is 0. The topological polar surface area (TPSA) is 0 Å². The summed E-state index contributed by atoms with van der Waals surface area (Å²) >= 11 is 0. The Labute approximate surface area is 85.3 Å². The molecule has 0 aliphatic rings. The summed E-state index contributed by atoms with van der Waals surface area (Å²) in [5, 5.41) is 0. The first-order valence-corrected chi connectivity index (χ1v) is 2.23. The fourth-order valence-electron chi connectivity index (χ4n) is 0.429. The molecule has 0 aliphatic carbocycles. The summed E-state index contributed by atoms with van der Waals surface area (Å²) in [6, 6.07) is 3.64. The second kappa shape index (κ2) is 5.72. The Hall–Kier alpha value is 0.113. The molecule has 0 bridgehead atoms. The summed E-state index contributed by atoms with van der Waals surface area (Å²) in [6.45, 7) is 0. The summed E-state index contributed by atoms with van der Waals surface area (Å²) < 4.78 is 35.8. The molecule has 0 unspecified atom stereocenters. The van der Waals surface area contributed by atoms with Gasteiger partial charge in [0, 0.05) is 25.3 Å². The van der Waals surface area contributed by atoms with Gasteiger partial charge in [-0.2, -0.15) is 6.07 Å². The van der Waals surface area contributed by atoms with Gasteiger partial charge in [0.2, 0.25) is 0 Å². The van der Waals surface area contributed by atoms with Crippen molar-refractivity contribution in [2.75, 3.05) is 0 Å². The molecule has 0 spiro atoms. The van der Waals surface area contributed by atoms with Gasteiger partial charge >= 0.3 is 0 Å². The van der Waals surface area contributed by atoms with Gasteiger partial charge in [-0.15, -0.1) is 29.1 Å². The number of halogens is 4. The molecule has 0 fully saturated rings. The van der Waals surface area contributed by atoms with Crippen LogP contribution in [0.4, 0.5) is 13.2 Å². The third kappa shape index (κ3) is 3.34. The van der Waals surface area contributed by atoms with Crippen molar-refractivity contribution in [3.63, 3.8) is 0 Å². The van der Waals surface area contributed by atoms with Gasteiger partial charge in [-0.3, -0.25) is 4.39 Å². The molecule has 11 heavy (non-hydrogen) atoms. The molecule has 0 saturated heterocycles. The zero-order chi connectivity index (χ0) is 6.85. The van der Waals surface area contributed by atoms with Gasteiger partial charge in [0.25, 0.3) is 0 Å². The molecule has 0 aliphatic heterocycles. The van der Waals surface area contributed by atoms with Gasteiger partial charge in [-0.25, -0.2) is 8.78 Å². The number of hydrogen-bond donors (Lipinski definition) is 0. The van der Waals surface area contributed by atoms with Crippen LogP contribution in [0.1, 0.15) is 0 Å². The maximum absolute atomic E-state index is 11.9. The smallest absolute Gasteiger partial charge is 0.0781 e. The molecule has 1 aromatic carbocycles. The molecule has 0 aromatic heterocycles. The van der Waals surface area contributed by atoms with E-state index in [0.717, 1.165) is 12.1 Å². The largest absolute Gasteiger partial charge is 0.278 e. The fourth-order valence-corrected chi connectivity index (χ4v) is 0.429. The van der Waals surface area contributed by atoms with E-state index in [2.05, 4.69) is 0 Å². The Kier molecular flexibility index (Phi) is 7.12. The normalized spacial score (nSPS) is 7.91. The van der Waals surface area contributed by atoms with Crippen molar-refractivity contribution in [3.05, 3.63) is 35.7 Å². The fraction of sp³-hybridized carbons (Fsp3) is 0. The van der Waals surface area contributed by atoms with Crippen LogP contribution in [0, 0.1) is 23.5 Å². The van der Waals surface area contributed by atoms with Crippen LogP contribution in [0.15, 0.2) is 12.1 Å². The van der Waals surface area contributed by atoms with Crippen molar-refractivity contribution in [1.82, 2.24) is 0 Å². The van der Waals surface area contributed by atoms with Gasteiger partial charge in [0.15, 0.2) is 0 Å². The van der Waals surface area contributed by atoms with Crippen LogP contribution >= 0.6 is 17.0 Å². The second-order valence-corrected chi connectivity index (χ2v) is 1.45. The molecule has 0 amide bonds. The first-order chi connectivity index (χ1) is 4.22. The summed E-state index contributed by atoms with van der Waals surface area (Å²) in [5.41, 5.74) is 0. The minimum absolute atomic E-state index is 0. The van der Waals surface area contributed by atoms with Gasteiger partial charge in [0.1, 0.15) is 0 Å². The molecule has 58 valence electrons. The van der Waals surface area contributed by atoms with Crippen molar-refractivity contribution in [1.29, 1.82) is 0 Å². The van der Waals surface area contributed by atoms with Crippen LogP contribution in [-0.2, 0) is 19.5 Å². The molecule has 0 atom stereocenters. The van der Waals surface area contributed by atoms with E-state index in [0.29, 0.717) is 0 Å². The molecule has 0 saturated carbocycles. The minimum atomic E-state index is -1.47. The van der Waals surface area contributed by atoms with E-state index in [-0.39, 0.29) is 36.5 Å². The van der Waals surface area contributed by atoms with E-state index < -0.39 is 17.5 Å². The molecular weight excluding hydrogens is 274 g/mol.